The van der Waals surface area contributed by atoms with Crippen LogP contribution in [0.2, 0.25) is 0 Å². The number of aromatic hydroxyl groups is 2. The van der Waals surface area contributed by atoms with E-state index in [1.54, 1.807) is 24.3 Å². The van der Waals surface area contributed by atoms with Gasteiger partial charge >= 0.3 is 94.6 Å². The molecule has 61 heavy (non-hydrogen) atoms. The third-order valence-corrected chi connectivity index (χ3v) is 17.1. The summed E-state index contributed by atoms with van der Waals surface area (Å²) in [5.74, 6) is 4.50. The van der Waals surface area contributed by atoms with Crippen molar-refractivity contribution in [1.29, 1.82) is 0 Å². The first-order valence-electron chi connectivity index (χ1n) is 22.6. The molecule has 0 bridgehead atoms. The van der Waals surface area contributed by atoms with Crippen LogP contribution >= 0.6 is 0 Å². The number of hydrogen-bond acceptors (Lipinski definition) is 8. The number of nitrogens with two attached hydrogens (primary N) is 2. The van der Waals surface area contributed by atoms with Gasteiger partial charge in [-0.15, -0.1) is 0 Å². The van der Waals surface area contributed by atoms with Crippen LogP contribution < -0.4 is 16.2 Å². The Kier molecular flexibility index (Phi) is 15.6. The first-order valence-corrected chi connectivity index (χ1v) is 22.6. The van der Waals surface area contributed by atoms with Gasteiger partial charge in [0.2, 0.25) is 0 Å². The maximum absolute atomic E-state index is 14.9. The first-order chi connectivity index (χ1) is 27.8. The van der Waals surface area contributed by atoms with Crippen molar-refractivity contribution in [3.05, 3.63) is 81.9 Å². The quantitative estimate of drug-likeness (QED) is 0.0688. The van der Waals surface area contributed by atoms with E-state index in [1.807, 2.05) is 6.07 Å². The van der Waals surface area contributed by atoms with Gasteiger partial charge in [-0.2, -0.15) is 0 Å². The zero-order chi connectivity index (χ0) is 40.7. The van der Waals surface area contributed by atoms with Crippen LogP contribution in [0.5, 0.6) is 23.0 Å². The number of carbonyl (C=O) groups excluding carboxylic acids is 2. The SMILES string of the molecule is CCC[C@@H](C)[C@H]1CCC2C3CCC4CC(c5ccc6c(c5C(=O)[C@@H](N)CCCCN)C(=O)OC65c6ccc(O)cc6Oc6cc(O)ccc65)CC[C@]4(C)C3CC[C@@]21C.[NaH].[NaH].[NaH]. The molecule has 8 nitrogen and oxygen atoms in total. The van der Waals surface area contributed by atoms with Crippen LogP contribution in [0.1, 0.15) is 166 Å². The normalized spacial score (nSPS) is 30.8. The van der Waals surface area contributed by atoms with E-state index in [-0.39, 0.29) is 123 Å². The fraction of sp³-hybridized carbons (Fsp3) is 0.600. The zero-order valence-corrected chi connectivity index (χ0v) is 35.0. The summed E-state index contributed by atoms with van der Waals surface area (Å²) >= 11 is 0. The number of esters is 1. The molecule has 6 N–H and O–H groups in total. The molecule has 0 radical (unpaired) electrons. The molecule has 3 aromatic carbocycles. The van der Waals surface area contributed by atoms with Crippen LogP contribution in [0.4, 0.5) is 0 Å². The van der Waals surface area contributed by atoms with Crippen LogP contribution in [0, 0.1) is 46.3 Å². The molecule has 9 rings (SSSR count). The summed E-state index contributed by atoms with van der Waals surface area (Å²) in [4.78, 5) is 29.5. The van der Waals surface area contributed by atoms with Gasteiger partial charge in [0.25, 0.3) is 0 Å². The molecule has 5 unspecified atom stereocenters. The second kappa shape index (κ2) is 19.1. The van der Waals surface area contributed by atoms with Crippen molar-refractivity contribution in [3.63, 3.8) is 0 Å². The van der Waals surface area contributed by atoms with Gasteiger partial charge in [-0.1, -0.05) is 59.1 Å². The van der Waals surface area contributed by atoms with Gasteiger partial charge in [-0.3, -0.25) is 4.79 Å². The van der Waals surface area contributed by atoms with Crippen molar-refractivity contribution in [2.45, 2.75) is 135 Å². The van der Waals surface area contributed by atoms with Crippen LogP contribution in [0.15, 0.2) is 48.5 Å². The molecule has 11 heteroatoms. The summed E-state index contributed by atoms with van der Waals surface area (Å²) in [7, 11) is 0. The maximum atomic E-state index is 14.9. The number of Topliss-reactive ketones (excluding diaryl/α,β-unsaturated/α-hetero) is 1. The van der Waals surface area contributed by atoms with Crippen molar-refractivity contribution in [2.24, 2.45) is 57.8 Å². The molecule has 0 saturated heterocycles. The fourth-order valence-corrected chi connectivity index (χ4v) is 14.4. The van der Waals surface area contributed by atoms with E-state index in [1.165, 1.54) is 63.5 Å². The Morgan fingerprint density at radius 3 is 2.11 bits per heavy atom. The predicted molar refractivity (Wildman–Crippen MR) is 247 cm³/mol. The summed E-state index contributed by atoms with van der Waals surface area (Å²) in [5.41, 5.74) is 15.1. The van der Waals surface area contributed by atoms with Crippen molar-refractivity contribution in [1.82, 2.24) is 0 Å². The van der Waals surface area contributed by atoms with Crippen molar-refractivity contribution < 1.29 is 29.3 Å². The number of rotatable bonds is 10. The van der Waals surface area contributed by atoms with Crippen molar-refractivity contribution in [2.75, 3.05) is 6.54 Å². The van der Waals surface area contributed by atoms with Gasteiger partial charge < -0.3 is 31.2 Å². The standard InChI is InChI=1S/C50H64N2O6.3Na.3H/c1-5-8-28(2)35-18-19-36-34-13-10-30-25-29(20-22-48(30,3)37(34)21-23-49(35,36)4)33-14-17-40-45(44(33)46(55)41(52)9-6-7-24-51)47(56)58-50(40)38-15-11-31(53)26-42(38)57-43-27-32(54)12-16-39(43)50;;;;;;/h11-12,14-17,26-30,34-37,41,53-54H,5-10,13,18-25,51-52H2,1-4H3;;;;;;/t28-,29?,30?,34?,35-,36?,37?,41+,48+,49-;;;;;;/m1....../s1. The van der Waals surface area contributed by atoms with E-state index in [9.17, 15) is 19.8 Å². The van der Waals surface area contributed by atoms with Gasteiger partial charge in [0.1, 0.15) is 23.0 Å². The summed E-state index contributed by atoms with van der Waals surface area (Å²) in [6.07, 6.45) is 15.7. The number of fused-ring (bicyclic) bond motifs is 11. The minimum atomic E-state index is -1.46. The summed E-state index contributed by atoms with van der Waals surface area (Å²) in [5, 5.41) is 21.0. The molecule has 6 aliphatic rings. The molecule has 2 heterocycles. The Morgan fingerprint density at radius 1 is 0.820 bits per heavy atom. The van der Waals surface area contributed by atoms with E-state index in [0.29, 0.717) is 58.1 Å². The average molecular weight is 861 g/mol. The number of benzene rings is 3. The van der Waals surface area contributed by atoms with E-state index in [4.69, 9.17) is 20.9 Å². The van der Waals surface area contributed by atoms with E-state index in [2.05, 4.69) is 33.8 Å². The number of ketones is 1. The van der Waals surface area contributed by atoms with Crippen molar-refractivity contribution in [3.8, 4) is 23.0 Å². The minimum absolute atomic E-state index is 0. The second-order valence-electron chi connectivity index (χ2n) is 19.9. The molecular weight excluding hydrogens is 794 g/mol. The summed E-state index contributed by atoms with van der Waals surface area (Å²) in [6.45, 7) is 10.7. The molecule has 10 atom stereocenters. The Morgan fingerprint density at radius 2 is 1.46 bits per heavy atom. The number of phenolic OH excluding ortho intramolecular Hbond substituents is 2. The summed E-state index contributed by atoms with van der Waals surface area (Å²) < 4.78 is 12.8. The average Bonchev–Trinajstić information content (AvgIpc) is 3.71. The first kappa shape index (κ1) is 49.6. The van der Waals surface area contributed by atoms with E-state index in [0.717, 1.165) is 67.3 Å². The third kappa shape index (κ3) is 8.02. The van der Waals surface area contributed by atoms with Crippen LogP contribution in [-0.2, 0) is 10.3 Å². The molecule has 4 saturated carbocycles. The molecule has 4 fully saturated rings. The molecule has 4 aliphatic carbocycles. The number of carbonyl (C=O) groups is 2. The molecule has 3 aromatic rings. The Bertz CT molecular complexity index is 2080. The topological polar surface area (TPSA) is 145 Å². The van der Waals surface area contributed by atoms with Crippen LogP contribution in [-0.4, -0.2) is 123 Å². The Balaban J connectivity index is 0.00000207. The number of unbranched alkanes of at least 4 members (excludes halogenated alkanes) is 1. The van der Waals surface area contributed by atoms with Crippen LogP contribution in [0.25, 0.3) is 0 Å². The molecule has 1 spiro atoms. The van der Waals surface area contributed by atoms with E-state index >= 15 is 0 Å². The molecular formula is C50H67N2Na3O6. The molecule has 2 aliphatic heterocycles. The molecule has 0 amide bonds. The Hall–Kier alpha value is -0.880. The fourth-order valence-electron chi connectivity index (χ4n) is 14.4. The van der Waals surface area contributed by atoms with E-state index < -0.39 is 17.6 Å². The number of hydrogen-bond donors (Lipinski definition) is 4. The van der Waals surface area contributed by atoms with Gasteiger partial charge in [0, 0.05) is 34.4 Å². The van der Waals surface area contributed by atoms with Gasteiger partial charge in [-0.25, -0.2) is 4.79 Å². The zero-order valence-electron chi connectivity index (χ0n) is 35.0. The van der Waals surface area contributed by atoms with Crippen molar-refractivity contribution >= 4 is 100 Å². The Labute approximate surface area is 429 Å². The molecule has 316 valence electrons. The summed E-state index contributed by atoms with van der Waals surface area (Å²) in [6, 6.07) is 12.8. The number of phenols is 2. The van der Waals surface area contributed by atoms with Gasteiger partial charge in [0.05, 0.1) is 11.6 Å². The third-order valence-electron chi connectivity index (χ3n) is 17.1. The van der Waals surface area contributed by atoms with Crippen LogP contribution in [0.3, 0.4) is 0 Å². The monoisotopic (exact) mass is 860 g/mol. The van der Waals surface area contributed by atoms with Gasteiger partial charge in [0.15, 0.2) is 11.4 Å². The molecule has 0 aromatic heterocycles. The second-order valence-corrected chi connectivity index (χ2v) is 19.9. The number of ether oxygens (including phenoxy) is 2. The van der Waals surface area contributed by atoms with Gasteiger partial charge in [-0.05, 0) is 159 Å². The predicted octanol–water partition coefficient (Wildman–Crippen LogP) is 8.54.